The summed E-state index contributed by atoms with van der Waals surface area (Å²) in [5.74, 6) is -0.445. The van der Waals surface area contributed by atoms with Gasteiger partial charge in [-0.05, 0) is 24.5 Å². The van der Waals surface area contributed by atoms with Crippen molar-refractivity contribution in [3.8, 4) is 0 Å². The van der Waals surface area contributed by atoms with Crippen molar-refractivity contribution in [1.82, 2.24) is 10.6 Å². The summed E-state index contributed by atoms with van der Waals surface area (Å²) in [6.45, 7) is 3.77. The number of nitrogens with one attached hydrogen (secondary N) is 2. The Morgan fingerprint density at radius 3 is 2.50 bits per heavy atom. The molecule has 20 heavy (non-hydrogen) atoms. The minimum absolute atomic E-state index is 0.320. The van der Waals surface area contributed by atoms with E-state index in [0.29, 0.717) is 11.3 Å². The number of benzene rings is 1. The second kappa shape index (κ2) is 5.77. The van der Waals surface area contributed by atoms with Crippen LogP contribution in [-0.4, -0.2) is 19.1 Å². The molecule has 1 aromatic carbocycles. The highest BCUT2D eigenvalue weighted by Crippen LogP contribution is 2.27. The Kier molecular flexibility index (Phi) is 4.08. The van der Waals surface area contributed by atoms with E-state index in [1.54, 1.807) is 6.92 Å². The Hall–Kier alpha value is -2.30. The van der Waals surface area contributed by atoms with Crippen molar-refractivity contribution in [2.24, 2.45) is 0 Å². The molecule has 0 aromatic heterocycles. The van der Waals surface area contributed by atoms with Crippen LogP contribution in [0.4, 0.5) is 4.79 Å². The summed E-state index contributed by atoms with van der Waals surface area (Å²) in [4.78, 5) is 23.5. The van der Waals surface area contributed by atoms with Gasteiger partial charge in [0.05, 0.1) is 18.7 Å². The van der Waals surface area contributed by atoms with Crippen LogP contribution in [0.2, 0.25) is 0 Å². The first-order chi connectivity index (χ1) is 9.56. The van der Waals surface area contributed by atoms with Gasteiger partial charge < -0.3 is 15.4 Å². The lowest BCUT2D eigenvalue weighted by molar-refractivity contribution is -0.136. The number of aryl methyl sites for hydroxylation is 1. The minimum atomic E-state index is -0.484. The van der Waals surface area contributed by atoms with Gasteiger partial charge in [-0.1, -0.05) is 31.2 Å². The molecule has 1 unspecified atom stereocenters. The number of allylic oxidation sites excluding steroid dienone is 1. The zero-order valence-corrected chi connectivity index (χ0v) is 11.8. The average Bonchev–Trinajstić information content (AvgIpc) is 2.46. The first-order valence-corrected chi connectivity index (χ1v) is 6.52. The Morgan fingerprint density at radius 2 is 1.95 bits per heavy atom. The minimum Gasteiger partial charge on any atom is -0.466 e. The summed E-state index contributed by atoms with van der Waals surface area (Å²) in [6.07, 6.45) is 0.942. The third kappa shape index (κ3) is 2.66. The molecule has 2 rings (SSSR count). The van der Waals surface area contributed by atoms with Crippen LogP contribution in [0.5, 0.6) is 0 Å². The molecule has 0 bridgehead atoms. The van der Waals surface area contributed by atoms with E-state index >= 15 is 0 Å². The topological polar surface area (TPSA) is 67.4 Å². The second-order valence-electron chi connectivity index (χ2n) is 4.66. The van der Waals surface area contributed by atoms with Crippen LogP contribution in [0.1, 0.15) is 31.0 Å². The van der Waals surface area contributed by atoms with E-state index in [2.05, 4.69) is 17.6 Å². The zero-order chi connectivity index (χ0) is 14.7. The zero-order valence-electron chi connectivity index (χ0n) is 11.8. The van der Waals surface area contributed by atoms with E-state index < -0.39 is 12.0 Å². The Labute approximate surface area is 118 Å². The fraction of sp³-hybridized carbons (Fsp3) is 0.333. The average molecular weight is 274 g/mol. The molecule has 1 aliphatic heterocycles. The molecular weight excluding hydrogens is 256 g/mol. The molecule has 0 saturated heterocycles. The molecule has 2 N–H and O–H groups in total. The van der Waals surface area contributed by atoms with Crippen LogP contribution in [0.3, 0.4) is 0 Å². The van der Waals surface area contributed by atoms with Crippen molar-refractivity contribution in [2.45, 2.75) is 26.3 Å². The van der Waals surface area contributed by atoms with Gasteiger partial charge in [-0.15, -0.1) is 0 Å². The van der Waals surface area contributed by atoms with E-state index in [1.807, 2.05) is 24.3 Å². The number of methoxy groups -OCH3 is 1. The molecule has 2 amide bonds. The van der Waals surface area contributed by atoms with Gasteiger partial charge in [0.15, 0.2) is 0 Å². The number of hydrogen-bond acceptors (Lipinski definition) is 3. The standard InChI is InChI=1S/C15H18N2O3/c1-4-10-5-7-11(8-6-10)13-12(14(18)20-3)9(2)16-15(19)17-13/h5-8,13H,4H2,1-3H3,(H2,16,17,19). The quantitative estimate of drug-likeness (QED) is 0.829. The van der Waals surface area contributed by atoms with Crippen molar-refractivity contribution in [2.75, 3.05) is 7.11 Å². The van der Waals surface area contributed by atoms with Crippen LogP contribution in [0, 0.1) is 0 Å². The van der Waals surface area contributed by atoms with Gasteiger partial charge in [0.25, 0.3) is 0 Å². The normalized spacial score (nSPS) is 18.4. The fourth-order valence-electron chi connectivity index (χ4n) is 2.27. The molecule has 1 atom stereocenters. The molecule has 106 valence electrons. The molecule has 0 spiro atoms. The van der Waals surface area contributed by atoms with E-state index in [-0.39, 0.29) is 6.03 Å². The third-order valence-corrected chi connectivity index (χ3v) is 3.40. The summed E-state index contributed by atoms with van der Waals surface area (Å²) >= 11 is 0. The molecule has 1 aromatic rings. The van der Waals surface area contributed by atoms with E-state index in [0.717, 1.165) is 12.0 Å². The van der Waals surface area contributed by atoms with E-state index in [4.69, 9.17) is 4.74 Å². The Morgan fingerprint density at radius 1 is 1.30 bits per heavy atom. The fourth-order valence-corrected chi connectivity index (χ4v) is 2.27. The van der Waals surface area contributed by atoms with Crippen LogP contribution in [0.15, 0.2) is 35.5 Å². The maximum Gasteiger partial charge on any atom is 0.337 e. The van der Waals surface area contributed by atoms with Crippen molar-refractivity contribution in [1.29, 1.82) is 0 Å². The first-order valence-electron chi connectivity index (χ1n) is 6.52. The predicted molar refractivity (Wildman–Crippen MR) is 74.9 cm³/mol. The van der Waals surface area contributed by atoms with Gasteiger partial charge in [-0.3, -0.25) is 0 Å². The van der Waals surface area contributed by atoms with Gasteiger partial charge in [0.2, 0.25) is 0 Å². The van der Waals surface area contributed by atoms with Crippen LogP contribution < -0.4 is 10.6 Å². The lowest BCUT2D eigenvalue weighted by Crippen LogP contribution is -2.45. The molecule has 1 aliphatic rings. The summed E-state index contributed by atoms with van der Waals surface area (Å²) in [5, 5.41) is 5.35. The first kappa shape index (κ1) is 14.1. The predicted octanol–water partition coefficient (Wildman–Crippen LogP) is 2.05. The Bertz CT molecular complexity index is 561. The van der Waals surface area contributed by atoms with Gasteiger partial charge in [-0.2, -0.15) is 0 Å². The Balaban J connectivity index is 2.42. The summed E-state index contributed by atoms with van der Waals surface area (Å²) < 4.78 is 4.80. The van der Waals surface area contributed by atoms with Crippen LogP contribution in [0.25, 0.3) is 0 Å². The van der Waals surface area contributed by atoms with Crippen molar-refractivity contribution in [3.05, 3.63) is 46.7 Å². The summed E-state index contributed by atoms with van der Waals surface area (Å²) in [5.41, 5.74) is 3.01. The molecule has 1 heterocycles. The number of ether oxygens (including phenoxy) is 1. The summed E-state index contributed by atoms with van der Waals surface area (Å²) in [7, 11) is 1.33. The molecule has 0 fully saturated rings. The summed E-state index contributed by atoms with van der Waals surface area (Å²) in [6, 6.07) is 7.03. The largest absolute Gasteiger partial charge is 0.466 e. The van der Waals surface area contributed by atoms with Crippen molar-refractivity contribution in [3.63, 3.8) is 0 Å². The number of urea groups is 1. The smallest absolute Gasteiger partial charge is 0.337 e. The van der Waals surface area contributed by atoms with Gasteiger partial charge >= 0.3 is 12.0 Å². The molecule has 0 aliphatic carbocycles. The molecule has 0 radical (unpaired) electrons. The van der Waals surface area contributed by atoms with Crippen LogP contribution >= 0.6 is 0 Å². The maximum absolute atomic E-state index is 11.9. The number of amides is 2. The van der Waals surface area contributed by atoms with E-state index in [9.17, 15) is 9.59 Å². The van der Waals surface area contributed by atoms with E-state index in [1.165, 1.54) is 12.7 Å². The number of esters is 1. The highest BCUT2D eigenvalue weighted by atomic mass is 16.5. The van der Waals surface area contributed by atoms with Gasteiger partial charge in [0, 0.05) is 5.70 Å². The number of carbonyl (C=O) groups excluding carboxylic acids is 2. The molecule has 0 saturated carbocycles. The number of carbonyl (C=O) groups is 2. The lowest BCUT2D eigenvalue weighted by atomic mass is 9.94. The highest BCUT2D eigenvalue weighted by Gasteiger charge is 2.31. The van der Waals surface area contributed by atoms with Crippen molar-refractivity contribution >= 4 is 12.0 Å². The SMILES string of the molecule is CCc1ccc(C2NC(=O)NC(C)=C2C(=O)OC)cc1. The number of rotatable bonds is 3. The van der Waals surface area contributed by atoms with Crippen molar-refractivity contribution < 1.29 is 14.3 Å². The van der Waals surface area contributed by atoms with Crippen LogP contribution in [-0.2, 0) is 16.0 Å². The van der Waals surface area contributed by atoms with Gasteiger partial charge in [0.1, 0.15) is 0 Å². The monoisotopic (exact) mass is 274 g/mol. The van der Waals surface area contributed by atoms with Gasteiger partial charge in [-0.25, -0.2) is 9.59 Å². The maximum atomic E-state index is 11.9. The molecule has 5 heteroatoms. The third-order valence-electron chi connectivity index (χ3n) is 3.40. The molecule has 5 nitrogen and oxygen atoms in total. The highest BCUT2D eigenvalue weighted by molar-refractivity contribution is 5.94. The molecular formula is C15H18N2O3. The number of hydrogen-bond donors (Lipinski definition) is 2. The lowest BCUT2D eigenvalue weighted by Gasteiger charge is -2.27. The second-order valence-corrected chi connectivity index (χ2v) is 4.66.